The van der Waals surface area contributed by atoms with Crippen molar-refractivity contribution in [2.75, 3.05) is 25.0 Å². The number of sulfonamides is 1. The van der Waals surface area contributed by atoms with Crippen molar-refractivity contribution in [3.05, 3.63) is 46.5 Å². The second-order valence-corrected chi connectivity index (χ2v) is 8.24. The van der Waals surface area contributed by atoms with E-state index >= 15 is 0 Å². The zero-order chi connectivity index (χ0) is 18.9. The second-order valence-electron chi connectivity index (χ2n) is 6.33. The summed E-state index contributed by atoms with van der Waals surface area (Å²) in [6.45, 7) is 1.25. The molecule has 3 rings (SSSR count). The Kier molecular flexibility index (Phi) is 4.97. The third-order valence-electron chi connectivity index (χ3n) is 4.55. The molecule has 0 N–H and O–H groups in total. The number of aryl methyl sites for hydroxylation is 1. The van der Waals surface area contributed by atoms with Gasteiger partial charge in [-0.15, -0.1) is 0 Å². The van der Waals surface area contributed by atoms with E-state index in [1.165, 1.54) is 16.4 Å². The zero-order valence-electron chi connectivity index (χ0n) is 14.7. The summed E-state index contributed by atoms with van der Waals surface area (Å²) in [7, 11) is -0.196. The molecule has 2 heterocycles. The molecule has 0 atom stereocenters. The maximum atomic E-state index is 13.1. The van der Waals surface area contributed by atoms with E-state index in [0.29, 0.717) is 25.3 Å². The van der Waals surface area contributed by atoms with Gasteiger partial charge in [0.05, 0.1) is 17.2 Å². The van der Waals surface area contributed by atoms with E-state index in [4.69, 9.17) is 0 Å². The summed E-state index contributed by atoms with van der Waals surface area (Å²) in [6, 6.07) is 3.97. The SMILES string of the molecule is CN(Cc1nccn1C)c1ccc([N+](=O)[O-])cc1S(=O)(=O)N1CCCC1. The summed E-state index contributed by atoms with van der Waals surface area (Å²) in [5, 5.41) is 11.2. The first-order valence-corrected chi connectivity index (χ1v) is 9.70. The van der Waals surface area contributed by atoms with Gasteiger partial charge in [0.1, 0.15) is 10.7 Å². The fourth-order valence-electron chi connectivity index (χ4n) is 3.05. The molecule has 1 aliphatic rings. The van der Waals surface area contributed by atoms with Crippen molar-refractivity contribution in [1.29, 1.82) is 0 Å². The van der Waals surface area contributed by atoms with Crippen molar-refractivity contribution in [1.82, 2.24) is 13.9 Å². The van der Waals surface area contributed by atoms with E-state index in [-0.39, 0.29) is 10.6 Å². The molecule has 9 nitrogen and oxygen atoms in total. The lowest BCUT2D eigenvalue weighted by Gasteiger charge is -2.24. The Labute approximate surface area is 152 Å². The van der Waals surface area contributed by atoms with Gasteiger partial charge < -0.3 is 9.47 Å². The van der Waals surface area contributed by atoms with Crippen LogP contribution in [-0.2, 0) is 23.6 Å². The summed E-state index contributed by atoms with van der Waals surface area (Å²) in [6.07, 6.45) is 5.07. The summed E-state index contributed by atoms with van der Waals surface area (Å²) in [5.74, 6) is 0.760. The predicted molar refractivity (Wildman–Crippen MR) is 96.4 cm³/mol. The highest BCUT2D eigenvalue weighted by Gasteiger charge is 2.32. The third kappa shape index (κ3) is 3.42. The minimum absolute atomic E-state index is 0.0368. The Morgan fingerprint density at radius 3 is 2.58 bits per heavy atom. The van der Waals surface area contributed by atoms with Gasteiger partial charge in [-0.25, -0.2) is 13.4 Å². The number of nitro groups is 1. The fraction of sp³-hybridized carbons (Fsp3) is 0.438. The monoisotopic (exact) mass is 379 g/mol. The van der Waals surface area contributed by atoms with Crippen molar-refractivity contribution >= 4 is 21.4 Å². The Bertz CT molecular complexity index is 918. The van der Waals surface area contributed by atoms with Crippen LogP contribution in [0.15, 0.2) is 35.5 Å². The number of nitro benzene ring substituents is 1. The number of hydrogen-bond donors (Lipinski definition) is 0. The van der Waals surface area contributed by atoms with E-state index < -0.39 is 14.9 Å². The first kappa shape index (κ1) is 18.3. The van der Waals surface area contributed by atoms with Gasteiger partial charge in [-0.3, -0.25) is 10.1 Å². The molecule has 26 heavy (non-hydrogen) atoms. The molecule has 140 valence electrons. The molecule has 10 heteroatoms. The number of aromatic nitrogens is 2. The van der Waals surface area contributed by atoms with Crippen LogP contribution in [0.4, 0.5) is 11.4 Å². The quantitative estimate of drug-likeness (QED) is 0.560. The topological polar surface area (TPSA) is 102 Å². The van der Waals surface area contributed by atoms with Crippen LogP contribution in [0.2, 0.25) is 0 Å². The van der Waals surface area contributed by atoms with Crippen molar-refractivity contribution in [3.8, 4) is 0 Å². The summed E-state index contributed by atoms with van der Waals surface area (Å²) in [4.78, 5) is 16.5. The Hall–Kier alpha value is -2.46. The molecule has 0 bridgehead atoms. The molecule has 1 aromatic carbocycles. The van der Waals surface area contributed by atoms with E-state index in [9.17, 15) is 18.5 Å². The number of imidazole rings is 1. The van der Waals surface area contributed by atoms with Crippen LogP contribution in [0.3, 0.4) is 0 Å². The van der Waals surface area contributed by atoms with E-state index in [1.807, 2.05) is 11.6 Å². The van der Waals surface area contributed by atoms with Gasteiger partial charge in [-0.05, 0) is 18.9 Å². The van der Waals surface area contributed by atoms with Crippen LogP contribution in [0.5, 0.6) is 0 Å². The lowest BCUT2D eigenvalue weighted by atomic mass is 10.2. The number of rotatable bonds is 6. The maximum Gasteiger partial charge on any atom is 0.270 e. The van der Waals surface area contributed by atoms with E-state index in [0.717, 1.165) is 24.7 Å². The molecule has 2 aromatic rings. The number of anilines is 1. The van der Waals surface area contributed by atoms with Gasteiger partial charge in [-0.1, -0.05) is 0 Å². The van der Waals surface area contributed by atoms with Gasteiger partial charge in [0, 0.05) is 51.7 Å². The highest BCUT2D eigenvalue weighted by molar-refractivity contribution is 7.89. The summed E-state index contributed by atoms with van der Waals surface area (Å²) < 4.78 is 29.4. The third-order valence-corrected chi connectivity index (χ3v) is 6.48. The van der Waals surface area contributed by atoms with Crippen LogP contribution in [-0.4, -0.2) is 47.3 Å². The molecule has 1 saturated heterocycles. The standard InChI is InChI=1S/C16H21N5O4S/c1-18-10-7-17-16(18)12-19(2)14-6-5-13(21(22)23)11-15(14)26(24,25)20-8-3-4-9-20/h5-7,10-11H,3-4,8-9,12H2,1-2H3. The normalized spacial score (nSPS) is 15.3. The van der Waals surface area contributed by atoms with Crippen LogP contribution >= 0.6 is 0 Å². The van der Waals surface area contributed by atoms with E-state index in [1.54, 1.807) is 24.3 Å². The highest BCUT2D eigenvalue weighted by atomic mass is 32.2. The predicted octanol–water partition coefficient (Wildman–Crippen LogP) is 1.75. The molecule has 0 aliphatic carbocycles. The van der Waals surface area contributed by atoms with Crippen molar-refractivity contribution in [2.24, 2.45) is 7.05 Å². The first-order valence-electron chi connectivity index (χ1n) is 8.26. The molecular formula is C16H21N5O4S. The van der Waals surface area contributed by atoms with Crippen molar-refractivity contribution in [2.45, 2.75) is 24.3 Å². The molecule has 0 amide bonds. The first-order chi connectivity index (χ1) is 12.3. The fourth-order valence-corrected chi connectivity index (χ4v) is 4.83. The van der Waals surface area contributed by atoms with Crippen LogP contribution < -0.4 is 4.90 Å². The molecule has 0 unspecified atom stereocenters. The largest absolute Gasteiger partial charge is 0.366 e. The maximum absolute atomic E-state index is 13.1. The molecule has 0 radical (unpaired) electrons. The Balaban J connectivity index is 2.04. The van der Waals surface area contributed by atoms with Gasteiger partial charge in [0.15, 0.2) is 0 Å². The summed E-state index contributed by atoms with van der Waals surface area (Å²) >= 11 is 0. The minimum atomic E-state index is -3.80. The molecule has 1 aliphatic heterocycles. The number of nitrogens with zero attached hydrogens (tertiary/aromatic N) is 5. The molecule has 1 aromatic heterocycles. The van der Waals surface area contributed by atoms with Crippen molar-refractivity contribution in [3.63, 3.8) is 0 Å². The molecular weight excluding hydrogens is 358 g/mol. The molecule has 0 saturated carbocycles. The van der Waals surface area contributed by atoms with Crippen LogP contribution in [0, 0.1) is 10.1 Å². The minimum Gasteiger partial charge on any atom is -0.366 e. The lowest BCUT2D eigenvalue weighted by molar-refractivity contribution is -0.385. The van der Waals surface area contributed by atoms with Crippen LogP contribution in [0.1, 0.15) is 18.7 Å². The number of non-ortho nitro benzene ring substituents is 1. The smallest absolute Gasteiger partial charge is 0.270 e. The van der Waals surface area contributed by atoms with Gasteiger partial charge in [0.25, 0.3) is 5.69 Å². The second kappa shape index (κ2) is 7.04. The molecule has 1 fully saturated rings. The average Bonchev–Trinajstić information content (AvgIpc) is 3.27. The molecule has 0 spiro atoms. The Morgan fingerprint density at radius 2 is 2.00 bits per heavy atom. The Morgan fingerprint density at radius 1 is 1.31 bits per heavy atom. The van der Waals surface area contributed by atoms with Crippen molar-refractivity contribution < 1.29 is 13.3 Å². The van der Waals surface area contributed by atoms with E-state index in [2.05, 4.69) is 4.98 Å². The van der Waals surface area contributed by atoms with Gasteiger partial charge in [0.2, 0.25) is 10.0 Å². The average molecular weight is 379 g/mol. The lowest BCUT2D eigenvalue weighted by Crippen LogP contribution is -2.30. The van der Waals surface area contributed by atoms with Gasteiger partial charge in [-0.2, -0.15) is 4.31 Å². The van der Waals surface area contributed by atoms with Crippen LogP contribution in [0.25, 0.3) is 0 Å². The van der Waals surface area contributed by atoms with Gasteiger partial charge >= 0.3 is 0 Å². The highest BCUT2D eigenvalue weighted by Crippen LogP contribution is 2.33. The number of benzene rings is 1. The number of hydrogen-bond acceptors (Lipinski definition) is 6. The summed E-state index contributed by atoms with van der Waals surface area (Å²) in [5.41, 5.74) is 0.183. The zero-order valence-corrected chi connectivity index (χ0v) is 15.5.